The normalized spacial score (nSPS) is 16.1. The second-order valence-corrected chi connectivity index (χ2v) is 6.37. The summed E-state index contributed by atoms with van der Waals surface area (Å²) < 4.78 is 2.27. The number of hydrogen-bond acceptors (Lipinski definition) is 3. The van der Waals surface area contributed by atoms with Crippen molar-refractivity contribution in [3.05, 3.63) is 47.9 Å². The van der Waals surface area contributed by atoms with Gasteiger partial charge in [-0.25, -0.2) is 9.97 Å². The van der Waals surface area contributed by atoms with Crippen molar-refractivity contribution >= 4 is 11.0 Å². The molecule has 1 N–H and O–H groups in total. The Hall–Kier alpha value is -2.20. The van der Waals surface area contributed by atoms with Gasteiger partial charge in [0.15, 0.2) is 0 Å². The second kappa shape index (κ2) is 5.78. The minimum Gasteiger partial charge on any atom is -0.341 e. The summed E-state index contributed by atoms with van der Waals surface area (Å²) in [5, 5.41) is 3.44. The molecule has 1 fully saturated rings. The average Bonchev–Trinajstić information content (AvgIpc) is 2.92. The fourth-order valence-electron chi connectivity index (χ4n) is 3.67. The molecule has 0 aliphatic carbocycles. The van der Waals surface area contributed by atoms with Gasteiger partial charge < -0.3 is 9.88 Å². The van der Waals surface area contributed by atoms with E-state index in [-0.39, 0.29) is 0 Å². The molecule has 118 valence electrons. The van der Waals surface area contributed by atoms with Crippen molar-refractivity contribution in [2.45, 2.75) is 25.7 Å². The zero-order valence-electron chi connectivity index (χ0n) is 13.7. The van der Waals surface area contributed by atoms with Gasteiger partial charge in [0, 0.05) is 13.0 Å². The molecule has 0 saturated carbocycles. The Balaban J connectivity index is 1.92. The van der Waals surface area contributed by atoms with E-state index in [2.05, 4.69) is 53.3 Å². The molecule has 0 amide bonds. The van der Waals surface area contributed by atoms with Gasteiger partial charge in [-0.15, -0.1) is 0 Å². The zero-order chi connectivity index (χ0) is 15.8. The molecular formula is C19H22N4. The number of benzene rings is 1. The van der Waals surface area contributed by atoms with Gasteiger partial charge in [0.2, 0.25) is 0 Å². The van der Waals surface area contributed by atoms with Gasteiger partial charge in [-0.1, -0.05) is 30.3 Å². The SMILES string of the molecule is Cc1nc(C2CCNCC2)c2c(cc(-c3ccccc3)n2C)n1. The molecule has 1 aromatic carbocycles. The highest BCUT2D eigenvalue weighted by molar-refractivity contribution is 5.85. The molecule has 4 nitrogen and oxygen atoms in total. The van der Waals surface area contributed by atoms with Crippen molar-refractivity contribution < 1.29 is 0 Å². The first kappa shape index (κ1) is 14.4. The summed E-state index contributed by atoms with van der Waals surface area (Å²) in [5.41, 5.74) is 5.91. The van der Waals surface area contributed by atoms with Crippen molar-refractivity contribution in [1.82, 2.24) is 19.9 Å². The molecule has 2 aromatic heterocycles. The van der Waals surface area contributed by atoms with E-state index < -0.39 is 0 Å². The number of aromatic nitrogens is 3. The highest BCUT2D eigenvalue weighted by atomic mass is 15.0. The number of nitrogens with one attached hydrogen (secondary N) is 1. The van der Waals surface area contributed by atoms with Crippen LogP contribution < -0.4 is 5.32 Å². The summed E-state index contributed by atoms with van der Waals surface area (Å²) in [5.74, 6) is 1.40. The van der Waals surface area contributed by atoms with Crippen molar-refractivity contribution in [2.75, 3.05) is 13.1 Å². The van der Waals surface area contributed by atoms with Crippen LogP contribution >= 0.6 is 0 Å². The molecule has 1 aliphatic heterocycles. The first-order valence-corrected chi connectivity index (χ1v) is 8.34. The Morgan fingerprint density at radius 2 is 1.83 bits per heavy atom. The lowest BCUT2D eigenvalue weighted by atomic mass is 9.93. The summed E-state index contributed by atoms with van der Waals surface area (Å²) in [6, 6.07) is 12.7. The quantitative estimate of drug-likeness (QED) is 0.789. The minimum absolute atomic E-state index is 0.526. The fraction of sp³-hybridized carbons (Fsp3) is 0.368. The van der Waals surface area contributed by atoms with E-state index in [4.69, 9.17) is 9.97 Å². The van der Waals surface area contributed by atoms with Crippen LogP contribution in [-0.4, -0.2) is 27.6 Å². The van der Waals surface area contributed by atoms with Gasteiger partial charge in [0.1, 0.15) is 5.82 Å². The maximum absolute atomic E-state index is 4.83. The van der Waals surface area contributed by atoms with Crippen LogP contribution in [0.25, 0.3) is 22.3 Å². The molecule has 3 aromatic rings. The van der Waals surface area contributed by atoms with Crippen LogP contribution in [0.4, 0.5) is 0 Å². The van der Waals surface area contributed by atoms with Crippen LogP contribution in [-0.2, 0) is 7.05 Å². The van der Waals surface area contributed by atoms with Gasteiger partial charge in [-0.05, 0) is 44.5 Å². The smallest absolute Gasteiger partial charge is 0.126 e. The van der Waals surface area contributed by atoms with Crippen LogP contribution in [0.15, 0.2) is 36.4 Å². The zero-order valence-corrected chi connectivity index (χ0v) is 13.7. The summed E-state index contributed by atoms with van der Waals surface area (Å²) in [6.07, 6.45) is 2.30. The highest BCUT2D eigenvalue weighted by Gasteiger charge is 2.23. The standard InChI is InChI=1S/C19H22N4/c1-13-21-16-12-17(14-6-4-3-5-7-14)23(2)19(16)18(22-13)15-8-10-20-11-9-15/h3-7,12,15,20H,8-11H2,1-2H3. The lowest BCUT2D eigenvalue weighted by Crippen LogP contribution is -2.27. The number of nitrogens with zero attached hydrogens (tertiary/aromatic N) is 3. The van der Waals surface area contributed by atoms with E-state index in [1.165, 1.54) is 22.5 Å². The monoisotopic (exact) mass is 306 g/mol. The molecule has 1 saturated heterocycles. The molecule has 23 heavy (non-hydrogen) atoms. The van der Waals surface area contributed by atoms with Gasteiger partial charge in [-0.2, -0.15) is 0 Å². The largest absolute Gasteiger partial charge is 0.341 e. The van der Waals surface area contributed by atoms with Crippen molar-refractivity contribution in [3.8, 4) is 11.3 Å². The Morgan fingerprint density at radius 1 is 1.09 bits per heavy atom. The van der Waals surface area contributed by atoms with Gasteiger partial charge in [0.05, 0.1) is 22.4 Å². The Morgan fingerprint density at radius 3 is 2.57 bits per heavy atom. The number of aryl methyl sites for hydroxylation is 2. The molecule has 0 spiro atoms. The average molecular weight is 306 g/mol. The van der Waals surface area contributed by atoms with E-state index in [0.29, 0.717) is 5.92 Å². The van der Waals surface area contributed by atoms with E-state index in [1.807, 2.05) is 6.92 Å². The van der Waals surface area contributed by atoms with Crippen molar-refractivity contribution in [1.29, 1.82) is 0 Å². The second-order valence-electron chi connectivity index (χ2n) is 6.37. The first-order valence-electron chi connectivity index (χ1n) is 8.34. The molecule has 0 unspecified atom stereocenters. The lowest BCUT2D eigenvalue weighted by molar-refractivity contribution is 0.454. The molecule has 0 radical (unpaired) electrons. The number of piperidine rings is 1. The molecule has 0 atom stereocenters. The van der Waals surface area contributed by atoms with Crippen molar-refractivity contribution in [3.63, 3.8) is 0 Å². The predicted molar refractivity (Wildman–Crippen MR) is 93.5 cm³/mol. The molecular weight excluding hydrogens is 284 g/mol. The topological polar surface area (TPSA) is 42.7 Å². The molecule has 0 bridgehead atoms. The Kier molecular flexibility index (Phi) is 3.62. The van der Waals surface area contributed by atoms with Crippen molar-refractivity contribution in [2.24, 2.45) is 7.05 Å². The molecule has 4 rings (SSSR count). The Labute approximate surface area is 136 Å². The molecule has 1 aliphatic rings. The van der Waals surface area contributed by atoms with Crippen LogP contribution in [0.5, 0.6) is 0 Å². The summed E-state index contributed by atoms with van der Waals surface area (Å²) in [7, 11) is 2.13. The lowest BCUT2D eigenvalue weighted by Gasteiger charge is -2.23. The van der Waals surface area contributed by atoms with Gasteiger partial charge in [-0.3, -0.25) is 0 Å². The maximum Gasteiger partial charge on any atom is 0.126 e. The van der Waals surface area contributed by atoms with Crippen LogP contribution in [0.2, 0.25) is 0 Å². The number of rotatable bonds is 2. The van der Waals surface area contributed by atoms with E-state index in [9.17, 15) is 0 Å². The summed E-state index contributed by atoms with van der Waals surface area (Å²) in [4.78, 5) is 9.52. The van der Waals surface area contributed by atoms with E-state index in [1.54, 1.807) is 0 Å². The Bertz CT molecular complexity index is 829. The maximum atomic E-state index is 4.83. The van der Waals surface area contributed by atoms with Crippen LogP contribution in [0.1, 0.15) is 30.3 Å². The van der Waals surface area contributed by atoms with Gasteiger partial charge in [0.25, 0.3) is 0 Å². The third-order valence-corrected chi connectivity index (χ3v) is 4.82. The third kappa shape index (κ3) is 2.53. The predicted octanol–water partition coefficient (Wildman–Crippen LogP) is 3.41. The number of fused-ring (bicyclic) bond motifs is 1. The fourth-order valence-corrected chi connectivity index (χ4v) is 3.67. The van der Waals surface area contributed by atoms with E-state index >= 15 is 0 Å². The summed E-state index contributed by atoms with van der Waals surface area (Å²) in [6.45, 7) is 4.15. The summed E-state index contributed by atoms with van der Waals surface area (Å²) >= 11 is 0. The molecule has 3 heterocycles. The highest BCUT2D eigenvalue weighted by Crippen LogP contribution is 2.33. The minimum atomic E-state index is 0.526. The first-order chi connectivity index (χ1) is 11.2. The number of hydrogen-bond donors (Lipinski definition) is 1. The third-order valence-electron chi connectivity index (χ3n) is 4.82. The molecule has 4 heteroatoms. The van der Waals surface area contributed by atoms with Crippen LogP contribution in [0, 0.1) is 6.92 Å². The van der Waals surface area contributed by atoms with Crippen LogP contribution in [0.3, 0.4) is 0 Å². The van der Waals surface area contributed by atoms with E-state index in [0.717, 1.165) is 37.3 Å². The van der Waals surface area contributed by atoms with Gasteiger partial charge >= 0.3 is 0 Å².